The summed E-state index contributed by atoms with van der Waals surface area (Å²) < 4.78 is 26.0. The summed E-state index contributed by atoms with van der Waals surface area (Å²) in [5.74, 6) is -1.75. The summed E-state index contributed by atoms with van der Waals surface area (Å²) in [6.45, 7) is 5.67. The Hall–Kier alpha value is -5.62. The number of carbonyl (C=O) groups is 2. The first kappa shape index (κ1) is 33.7. The Kier molecular flexibility index (Phi) is 9.85. The maximum atomic E-state index is 14.3. The first-order chi connectivity index (χ1) is 23.0. The number of nitro benzene ring substituents is 1. The Labute approximate surface area is 280 Å². The Bertz CT molecular complexity index is 2010. The number of ether oxygens (including phenoxy) is 2. The molecule has 2 aliphatic heterocycles. The lowest BCUT2D eigenvalue weighted by molar-refractivity contribution is -0.385. The van der Waals surface area contributed by atoms with Gasteiger partial charge in [0.1, 0.15) is 11.6 Å². The lowest BCUT2D eigenvalue weighted by Crippen LogP contribution is -2.32. The number of nitrogens with zero attached hydrogens (tertiary/aromatic N) is 4. The van der Waals surface area contributed by atoms with E-state index in [2.05, 4.69) is 15.3 Å². The fourth-order valence-corrected chi connectivity index (χ4v) is 6.09. The molecule has 4 aromatic rings. The van der Waals surface area contributed by atoms with Crippen molar-refractivity contribution >= 4 is 34.9 Å². The molecule has 0 amide bonds. The lowest BCUT2D eigenvalue weighted by atomic mass is 9.79. The SMILES string of the molecule is COC(=O)C1=C(C)NC(C)=C(C(=O)OC)C1c1ccccc1[N+](=O)[O-].Cc1ncc2n1-c1ccc(Cl)cc1C(c1ccccc1F)=NC2. The molecule has 13 heteroatoms. The fourth-order valence-electron chi connectivity index (χ4n) is 5.92. The molecule has 11 nitrogen and oxygen atoms in total. The molecule has 246 valence electrons. The molecule has 48 heavy (non-hydrogen) atoms. The quantitative estimate of drug-likeness (QED) is 0.144. The zero-order valence-corrected chi connectivity index (χ0v) is 27.5. The number of dihydropyridines is 1. The summed E-state index contributed by atoms with van der Waals surface area (Å²) in [5.41, 5.74) is 4.98. The molecule has 3 aromatic carbocycles. The van der Waals surface area contributed by atoms with Gasteiger partial charge in [0.05, 0.1) is 66.0 Å². The van der Waals surface area contributed by atoms with Crippen molar-refractivity contribution < 1.29 is 28.4 Å². The highest BCUT2D eigenvalue weighted by Gasteiger charge is 2.40. The second kappa shape index (κ2) is 14.0. The molecule has 6 rings (SSSR count). The molecule has 1 N–H and O–H groups in total. The molecule has 2 aliphatic rings. The van der Waals surface area contributed by atoms with Crippen molar-refractivity contribution in [1.82, 2.24) is 14.9 Å². The van der Waals surface area contributed by atoms with E-state index in [0.717, 1.165) is 22.8 Å². The largest absolute Gasteiger partial charge is 0.466 e. The van der Waals surface area contributed by atoms with Crippen LogP contribution < -0.4 is 5.32 Å². The molecule has 0 fully saturated rings. The predicted octanol–water partition coefficient (Wildman–Crippen LogP) is 6.50. The van der Waals surface area contributed by atoms with Gasteiger partial charge in [-0.2, -0.15) is 0 Å². The van der Waals surface area contributed by atoms with E-state index in [0.29, 0.717) is 34.2 Å². The third-order valence-electron chi connectivity index (χ3n) is 8.01. The minimum absolute atomic E-state index is 0.128. The highest BCUT2D eigenvalue weighted by atomic mass is 35.5. The van der Waals surface area contributed by atoms with Crippen molar-refractivity contribution in [2.45, 2.75) is 33.2 Å². The topological polar surface area (TPSA) is 138 Å². The van der Waals surface area contributed by atoms with Crippen molar-refractivity contribution in [3.8, 4) is 5.69 Å². The monoisotopic (exact) mass is 671 g/mol. The van der Waals surface area contributed by atoms with Gasteiger partial charge in [-0.25, -0.2) is 19.0 Å². The van der Waals surface area contributed by atoms with E-state index in [4.69, 9.17) is 21.1 Å². The van der Waals surface area contributed by atoms with Gasteiger partial charge in [0.15, 0.2) is 0 Å². The number of benzene rings is 3. The number of esters is 2. The van der Waals surface area contributed by atoms with Gasteiger partial charge in [-0.3, -0.25) is 19.7 Å². The second-order valence-electron chi connectivity index (χ2n) is 10.9. The number of rotatable bonds is 5. The van der Waals surface area contributed by atoms with Crippen LogP contribution in [0.3, 0.4) is 0 Å². The first-order valence-electron chi connectivity index (χ1n) is 14.7. The number of para-hydroxylation sites is 1. The number of nitro groups is 1. The minimum Gasteiger partial charge on any atom is -0.466 e. The van der Waals surface area contributed by atoms with Crippen molar-refractivity contribution in [1.29, 1.82) is 0 Å². The standard InChI is InChI=1S/C18H13ClFN3.C17H18N2O6/c1-11-21-9-13-10-22-18(14-4-2-3-5-16(14)20)15-8-12(19)6-7-17(15)23(11)13;1-9-13(16(20)24-3)15(14(10(2)18-9)17(21)25-4)11-7-5-6-8-12(11)19(22)23/h2-9H,10H2,1H3;5-8,15,18H,1-4H3. The molecule has 0 saturated heterocycles. The predicted molar refractivity (Wildman–Crippen MR) is 177 cm³/mol. The number of methoxy groups -OCH3 is 2. The van der Waals surface area contributed by atoms with Crippen molar-refractivity contribution in [2.24, 2.45) is 4.99 Å². The smallest absolute Gasteiger partial charge is 0.336 e. The van der Waals surface area contributed by atoms with Gasteiger partial charge in [0.2, 0.25) is 0 Å². The van der Waals surface area contributed by atoms with Crippen LogP contribution in [0.5, 0.6) is 0 Å². The molecule has 1 aromatic heterocycles. The van der Waals surface area contributed by atoms with Crippen molar-refractivity contribution in [3.63, 3.8) is 0 Å². The number of hydrogen-bond acceptors (Lipinski definition) is 9. The summed E-state index contributed by atoms with van der Waals surface area (Å²) in [5, 5.41) is 15.0. The average molecular weight is 672 g/mol. The highest BCUT2D eigenvalue weighted by molar-refractivity contribution is 6.31. The van der Waals surface area contributed by atoms with E-state index < -0.39 is 22.8 Å². The molecule has 0 aliphatic carbocycles. The number of aromatic nitrogens is 2. The summed E-state index contributed by atoms with van der Waals surface area (Å²) in [4.78, 5) is 44.6. The maximum absolute atomic E-state index is 14.3. The van der Waals surface area contributed by atoms with Gasteiger partial charge in [0, 0.05) is 39.2 Å². The van der Waals surface area contributed by atoms with Crippen LogP contribution in [0.15, 0.2) is 100 Å². The first-order valence-corrected chi connectivity index (χ1v) is 15.1. The molecule has 3 heterocycles. The second-order valence-corrected chi connectivity index (χ2v) is 11.3. The number of imidazole rings is 1. The van der Waals surface area contributed by atoms with Gasteiger partial charge >= 0.3 is 11.9 Å². The highest BCUT2D eigenvalue weighted by Crippen LogP contribution is 2.42. The minimum atomic E-state index is -0.970. The Balaban J connectivity index is 0.000000188. The third-order valence-corrected chi connectivity index (χ3v) is 8.24. The molecule has 0 unspecified atom stereocenters. The Morgan fingerprint density at radius 3 is 2.21 bits per heavy atom. The average Bonchev–Trinajstić information content (AvgIpc) is 3.36. The number of aliphatic imine (C=N–C) groups is 1. The van der Waals surface area contributed by atoms with Gasteiger partial charge < -0.3 is 14.8 Å². The number of carbonyl (C=O) groups excluding carboxylic acids is 2. The van der Waals surface area contributed by atoms with Crippen LogP contribution in [-0.4, -0.2) is 46.3 Å². The van der Waals surface area contributed by atoms with Crippen molar-refractivity contribution in [3.05, 3.63) is 145 Å². The summed E-state index contributed by atoms with van der Waals surface area (Å²) >= 11 is 6.19. The molecule has 0 atom stereocenters. The Morgan fingerprint density at radius 2 is 1.58 bits per heavy atom. The van der Waals surface area contributed by atoms with E-state index >= 15 is 0 Å². The van der Waals surface area contributed by atoms with E-state index in [-0.39, 0.29) is 28.2 Å². The fraction of sp³-hybridized carbons (Fsp3) is 0.200. The number of halogens is 2. The van der Waals surface area contributed by atoms with Crippen LogP contribution in [0.1, 0.15) is 48.0 Å². The molecule has 0 bridgehead atoms. The maximum Gasteiger partial charge on any atom is 0.336 e. The van der Waals surface area contributed by atoms with Crippen LogP contribution in [0, 0.1) is 22.9 Å². The molecule has 0 spiro atoms. The molecule has 0 saturated carbocycles. The van der Waals surface area contributed by atoms with E-state index in [1.165, 1.54) is 38.5 Å². The van der Waals surface area contributed by atoms with Crippen molar-refractivity contribution in [2.75, 3.05) is 14.2 Å². The summed E-state index contributed by atoms with van der Waals surface area (Å²) in [6.07, 6.45) is 1.81. The third kappa shape index (κ3) is 6.34. The molecular formula is C35H31ClFN5O6. The van der Waals surface area contributed by atoms with Gasteiger partial charge in [-0.1, -0.05) is 41.9 Å². The van der Waals surface area contributed by atoms with Gasteiger partial charge in [-0.15, -0.1) is 0 Å². The zero-order chi connectivity index (χ0) is 34.7. The van der Waals surface area contributed by atoms with E-state index in [1.54, 1.807) is 32.0 Å². The van der Waals surface area contributed by atoms with Crippen LogP contribution in [-0.2, 0) is 25.6 Å². The molecule has 0 radical (unpaired) electrons. The lowest BCUT2D eigenvalue weighted by Gasteiger charge is -2.29. The summed E-state index contributed by atoms with van der Waals surface area (Å²) in [7, 11) is 2.42. The van der Waals surface area contributed by atoms with Crippen LogP contribution >= 0.6 is 11.6 Å². The van der Waals surface area contributed by atoms with Crippen LogP contribution in [0.4, 0.5) is 10.1 Å². The number of allylic oxidation sites excluding steroid dienone is 2. The van der Waals surface area contributed by atoms with E-state index in [9.17, 15) is 24.1 Å². The van der Waals surface area contributed by atoms with E-state index in [1.807, 2.05) is 42.0 Å². The normalized spacial score (nSPS) is 14.0. The number of aryl methyl sites for hydroxylation is 1. The zero-order valence-electron chi connectivity index (χ0n) is 26.7. The summed E-state index contributed by atoms with van der Waals surface area (Å²) in [6, 6.07) is 18.2. The molecular weight excluding hydrogens is 641 g/mol. The number of hydrogen-bond donors (Lipinski definition) is 1. The van der Waals surface area contributed by atoms with Crippen LogP contribution in [0.2, 0.25) is 5.02 Å². The van der Waals surface area contributed by atoms with Gasteiger partial charge in [0.25, 0.3) is 5.69 Å². The Morgan fingerprint density at radius 1 is 0.958 bits per heavy atom. The number of nitrogens with one attached hydrogen (secondary N) is 1. The van der Waals surface area contributed by atoms with Gasteiger partial charge in [-0.05, 0) is 51.1 Å². The number of fused-ring (bicyclic) bond motifs is 3. The van der Waals surface area contributed by atoms with Crippen LogP contribution in [0.25, 0.3) is 5.69 Å².